The Morgan fingerprint density at radius 1 is 1.03 bits per heavy atom. The highest BCUT2D eigenvalue weighted by Gasteiger charge is 2.37. The van der Waals surface area contributed by atoms with Gasteiger partial charge in [0.25, 0.3) is 0 Å². The van der Waals surface area contributed by atoms with E-state index in [1.807, 2.05) is 12.1 Å². The third-order valence-corrected chi connectivity index (χ3v) is 8.36. The molecule has 2 saturated heterocycles. The summed E-state index contributed by atoms with van der Waals surface area (Å²) < 4.78 is 5.97. The lowest BCUT2D eigenvalue weighted by Crippen LogP contribution is -2.50. The summed E-state index contributed by atoms with van der Waals surface area (Å²) in [6, 6.07) is 8.31. The Balaban J connectivity index is 1.35. The summed E-state index contributed by atoms with van der Waals surface area (Å²) in [7, 11) is 0. The Kier molecular flexibility index (Phi) is 8.87. The number of fused-ring (bicyclic) bond motifs is 1. The minimum atomic E-state index is 0.109. The zero-order valence-corrected chi connectivity index (χ0v) is 21.0. The van der Waals surface area contributed by atoms with Crippen LogP contribution in [0.15, 0.2) is 24.3 Å². The van der Waals surface area contributed by atoms with Crippen LogP contribution >= 0.6 is 0 Å². The molecule has 34 heavy (non-hydrogen) atoms. The number of benzene rings is 1. The second-order valence-corrected chi connectivity index (χ2v) is 10.6. The van der Waals surface area contributed by atoms with E-state index in [1.165, 1.54) is 5.56 Å². The van der Waals surface area contributed by atoms with Gasteiger partial charge in [-0.3, -0.25) is 9.59 Å². The van der Waals surface area contributed by atoms with Crippen molar-refractivity contribution in [1.82, 2.24) is 15.1 Å². The van der Waals surface area contributed by atoms with Gasteiger partial charge in [0.15, 0.2) is 0 Å². The highest BCUT2D eigenvalue weighted by molar-refractivity contribution is 5.79. The van der Waals surface area contributed by atoms with Gasteiger partial charge in [-0.15, -0.1) is 0 Å². The monoisotopic (exact) mass is 469 g/mol. The molecule has 0 saturated carbocycles. The van der Waals surface area contributed by atoms with Crippen molar-refractivity contribution >= 4 is 11.8 Å². The molecule has 1 N–H and O–H groups in total. The van der Waals surface area contributed by atoms with E-state index in [4.69, 9.17) is 4.74 Å². The van der Waals surface area contributed by atoms with Crippen LogP contribution in [0.2, 0.25) is 0 Å². The van der Waals surface area contributed by atoms with Crippen molar-refractivity contribution in [2.75, 3.05) is 45.9 Å². The molecule has 2 fully saturated rings. The molecule has 0 atom stereocenters. The summed E-state index contributed by atoms with van der Waals surface area (Å²) in [6.45, 7) is 8.35. The summed E-state index contributed by atoms with van der Waals surface area (Å²) in [6.07, 6.45) is 9.59. The maximum Gasteiger partial charge on any atom is 0.225 e. The standard InChI is InChI=1S/C28H43N3O3/c1-2-30-17-12-24(13-18-30)27(33)31-19-15-28(16-20-31)14-6-5-9-23-8-3-4-10-25(23)34-21-7-11-26(32)29-22-28/h3-4,8,10,24H,2,5-7,9,11-22H2,1H3,(H,29,32). The van der Waals surface area contributed by atoms with Gasteiger partial charge in [0.1, 0.15) is 5.75 Å². The van der Waals surface area contributed by atoms with Gasteiger partial charge in [0.2, 0.25) is 11.8 Å². The predicted molar refractivity (Wildman–Crippen MR) is 135 cm³/mol. The van der Waals surface area contributed by atoms with Crippen LogP contribution in [0, 0.1) is 11.3 Å². The van der Waals surface area contributed by atoms with Crippen LogP contribution in [-0.4, -0.2) is 67.5 Å². The number of amides is 2. The summed E-state index contributed by atoms with van der Waals surface area (Å²) in [5.41, 5.74) is 1.38. The number of piperidine rings is 2. The van der Waals surface area contributed by atoms with Gasteiger partial charge in [0, 0.05) is 32.0 Å². The predicted octanol–water partition coefficient (Wildman–Crippen LogP) is 4.03. The van der Waals surface area contributed by atoms with Gasteiger partial charge in [0.05, 0.1) is 6.61 Å². The number of hydrogen-bond acceptors (Lipinski definition) is 4. The van der Waals surface area contributed by atoms with Gasteiger partial charge >= 0.3 is 0 Å². The normalized spacial score (nSPS) is 23.4. The van der Waals surface area contributed by atoms with Crippen LogP contribution in [0.25, 0.3) is 0 Å². The van der Waals surface area contributed by atoms with Crippen LogP contribution in [0.4, 0.5) is 0 Å². The molecule has 188 valence electrons. The van der Waals surface area contributed by atoms with Crippen LogP contribution in [0.5, 0.6) is 5.75 Å². The van der Waals surface area contributed by atoms with Gasteiger partial charge in [-0.25, -0.2) is 0 Å². The molecule has 3 aliphatic rings. The molecule has 0 aliphatic carbocycles. The number of nitrogens with one attached hydrogen (secondary N) is 1. The van der Waals surface area contributed by atoms with E-state index in [9.17, 15) is 9.59 Å². The van der Waals surface area contributed by atoms with Crippen molar-refractivity contribution in [3.63, 3.8) is 0 Å². The van der Waals surface area contributed by atoms with Gasteiger partial charge in [-0.1, -0.05) is 31.5 Å². The lowest BCUT2D eigenvalue weighted by Gasteiger charge is -2.44. The van der Waals surface area contributed by atoms with Crippen molar-refractivity contribution in [3.05, 3.63) is 29.8 Å². The van der Waals surface area contributed by atoms with Crippen molar-refractivity contribution in [3.8, 4) is 5.75 Å². The van der Waals surface area contributed by atoms with Crippen LogP contribution < -0.4 is 10.1 Å². The van der Waals surface area contributed by atoms with E-state index in [1.54, 1.807) is 0 Å². The van der Waals surface area contributed by atoms with Crippen molar-refractivity contribution in [1.29, 1.82) is 0 Å². The van der Waals surface area contributed by atoms with Gasteiger partial charge in [-0.05, 0) is 88.0 Å². The largest absolute Gasteiger partial charge is 0.493 e. The Bertz CT molecular complexity index is 811. The summed E-state index contributed by atoms with van der Waals surface area (Å²) in [5, 5.41) is 3.23. The molecular formula is C28H43N3O3. The maximum absolute atomic E-state index is 13.2. The van der Waals surface area contributed by atoms with E-state index in [0.29, 0.717) is 18.9 Å². The van der Waals surface area contributed by atoms with Crippen LogP contribution in [0.1, 0.15) is 70.3 Å². The molecule has 6 heteroatoms. The molecule has 3 aliphatic heterocycles. The van der Waals surface area contributed by atoms with E-state index >= 15 is 0 Å². The third-order valence-electron chi connectivity index (χ3n) is 8.36. The van der Waals surface area contributed by atoms with E-state index in [-0.39, 0.29) is 17.2 Å². The van der Waals surface area contributed by atoms with Gasteiger partial charge in [-0.2, -0.15) is 0 Å². The Hall–Kier alpha value is -2.08. The average molecular weight is 470 g/mol. The lowest BCUT2D eigenvalue weighted by molar-refractivity contribution is -0.139. The maximum atomic E-state index is 13.2. The molecule has 0 unspecified atom stereocenters. The van der Waals surface area contributed by atoms with Crippen molar-refractivity contribution in [2.24, 2.45) is 11.3 Å². The first-order chi connectivity index (χ1) is 16.6. The molecule has 1 spiro atoms. The zero-order chi connectivity index (χ0) is 23.8. The number of para-hydroxylation sites is 1. The van der Waals surface area contributed by atoms with Crippen LogP contribution in [-0.2, 0) is 16.0 Å². The smallest absolute Gasteiger partial charge is 0.225 e. The second-order valence-electron chi connectivity index (χ2n) is 10.6. The first kappa shape index (κ1) is 25.0. The van der Waals surface area contributed by atoms with Gasteiger partial charge < -0.3 is 19.9 Å². The number of likely N-dealkylation sites (tertiary alicyclic amines) is 2. The molecular weight excluding hydrogens is 426 g/mol. The summed E-state index contributed by atoms with van der Waals surface area (Å²) in [4.78, 5) is 30.3. The minimum absolute atomic E-state index is 0.109. The first-order valence-electron chi connectivity index (χ1n) is 13.6. The third kappa shape index (κ3) is 6.53. The fourth-order valence-electron chi connectivity index (χ4n) is 5.93. The molecule has 0 bridgehead atoms. The Labute approximate surface area is 205 Å². The number of carbonyl (C=O) groups excluding carboxylic acids is 2. The highest BCUT2D eigenvalue weighted by Crippen LogP contribution is 2.37. The molecule has 3 heterocycles. The number of ether oxygens (including phenoxy) is 1. The second kappa shape index (κ2) is 12.1. The van der Waals surface area contributed by atoms with E-state index in [2.05, 4.69) is 34.2 Å². The highest BCUT2D eigenvalue weighted by atomic mass is 16.5. The molecule has 0 radical (unpaired) electrons. The van der Waals surface area contributed by atoms with E-state index < -0.39 is 0 Å². The van der Waals surface area contributed by atoms with Crippen molar-refractivity contribution in [2.45, 2.75) is 71.1 Å². The number of hydrogen-bond donors (Lipinski definition) is 1. The number of rotatable bonds is 2. The molecule has 0 aromatic heterocycles. The summed E-state index contributed by atoms with van der Waals surface area (Å²) in [5.74, 6) is 1.65. The fourth-order valence-corrected chi connectivity index (χ4v) is 5.93. The quantitative estimate of drug-likeness (QED) is 0.710. The topological polar surface area (TPSA) is 61.9 Å². The SMILES string of the molecule is CCN1CCC(C(=O)N2CCC3(CCCCc4ccccc4OCCCC(=O)NC3)CC2)CC1. The Morgan fingerprint density at radius 3 is 2.56 bits per heavy atom. The lowest BCUT2D eigenvalue weighted by atomic mass is 9.74. The number of aryl methyl sites for hydroxylation is 1. The number of nitrogens with zero attached hydrogens (tertiary/aromatic N) is 2. The summed E-state index contributed by atoms with van der Waals surface area (Å²) >= 11 is 0. The fraction of sp³-hybridized carbons (Fsp3) is 0.714. The average Bonchev–Trinajstić information content (AvgIpc) is 2.88. The molecule has 6 nitrogen and oxygen atoms in total. The van der Waals surface area contributed by atoms with Crippen molar-refractivity contribution < 1.29 is 14.3 Å². The first-order valence-corrected chi connectivity index (χ1v) is 13.6. The molecule has 4 rings (SSSR count). The minimum Gasteiger partial charge on any atom is -0.493 e. The molecule has 1 aromatic carbocycles. The van der Waals surface area contributed by atoms with E-state index in [0.717, 1.165) is 103 Å². The van der Waals surface area contributed by atoms with Crippen LogP contribution in [0.3, 0.4) is 0 Å². The molecule has 1 aromatic rings. The Morgan fingerprint density at radius 2 is 1.79 bits per heavy atom. The number of carbonyl (C=O) groups is 2. The zero-order valence-electron chi connectivity index (χ0n) is 21.0. The molecule has 2 amide bonds.